The zero-order valence-corrected chi connectivity index (χ0v) is 23.0. The smallest absolute Gasteiger partial charge is 0.272 e. The third-order valence-corrected chi connectivity index (χ3v) is 7.73. The molecule has 1 aliphatic carbocycles. The predicted octanol–water partition coefficient (Wildman–Crippen LogP) is 3.26. The molecule has 1 aliphatic heterocycles. The lowest BCUT2D eigenvalue weighted by molar-refractivity contribution is -0.117. The molecule has 7 rings (SSSR count). The van der Waals surface area contributed by atoms with Crippen molar-refractivity contribution in [2.45, 2.75) is 18.6 Å². The van der Waals surface area contributed by atoms with Gasteiger partial charge in [0.15, 0.2) is 11.4 Å². The Hall–Kier alpha value is -5.04. The number of piperazine rings is 1. The minimum absolute atomic E-state index is 0.117. The number of rotatable bonds is 7. The summed E-state index contributed by atoms with van der Waals surface area (Å²) in [4.78, 5) is 39.7. The summed E-state index contributed by atoms with van der Waals surface area (Å²) in [5, 5.41) is 15.3. The average molecular weight is 583 g/mol. The first-order chi connectivity index (χ1) is 21.5. The van der Waals surface area contributed by atoms with Crippen LogP contribution >= 0.6 is 0 Å². The molecular weight excluding hydrogens is 553 g/mol. The summed E-state index contributed by atoms with van der Waals surface area (Å²) in [6, 6.07) is 18.1. The normalized spacial score (nSPS) is 19.7. The highest BCUT2D eigenvalue weighted by Crippen LogP contribution is 2.35. The number of fused-ring (bicyclic) bond motifs is 1. The largest absolute Gasteiger partial charge is 0.436 e. The Kier molecular flexibility index (Phi) is 6.55. The van der Waals surface area contributed by atoms with Crippen molar-refractivity contribution in [2.24, 2.45) is 12.9 Å². The van der Waals surface area contributed by atoms with Crippen LogP contribution in [0, 0.1) is 5.92 Å². The van der Waals surface area contributed by atoms with E-state index in [0.29, 0.717) is 60.2 Å². The van der Waals surface area contributed by atoms with Gasteiger partial charge < -0.3 is 14.6 Å². The molecule has 218 valence electrons. The molecule has 12 nitrogen and oxygen atoms in total. The summed E-state index contributed by atoms with van der Waals surface area (Å²) in [5.41, 5.74) is 3.42. The Labute approximate surface area is 246 Å². The van der Waals surface area contributed by atoms with E-state index in [1.165, 1.54) is 4.80 Å². The van der Waals surface area contributed by atoms with Gasteiger partial charge in [-0.1, -0.05) is 30.3 Å². The highest BCUT2D eigenvalue weighted by atomic mass is 19.1. The first-order valence-corrected chi connectivity index (χ1v) is 13.9. The number of anilines is 1. The number of aryl methyl sites for hydroxylation is 1. The fourth-order valence-corrected chi connectivity index (χ4v) is 5.35. The van der Waals surface area contributed by atoms with Crippen molar-refractivity contribution >= 4 is 28.6 Å². The molecule has 0 bridgehead atoms. The quantitative estimate of drug-likeness (QED) is 0.307. The first kappa shape index (κ1) is 25.7. The van der Waals surface area contributed by atoms with E-state index in [4.69, 9.17) is 5.79 Å². The summed E-state index contributed by atoms with van der Waals surface area (Å²) in [6.07, 6.45) is 0.732. The van der Waals surface area contributed by atoms with Crippen molar-refractivity contribution in [3.05, 3.63) is 83.9 Å². The van der Waals surface area contributed by atoms with Crippen LogP contribution in [0.25, 0.3) is 22.6 Å². The standard InChI is InChI=1S/C30H28FN9O3/c1-38-36-27(35-37-38)26(18-5-3-2-4-6-18)39-11-13-40(14-12-39)30(42)24-15-19(9-10-32-24)29-34-23-16-20(7-8-25(23)43-29)33-28(41)21-17-22(21)31/h2-10,15-16,21-22,26H,11-14,17H2,1H3,(H,33,41)/t21-,22+,26+/m1/s1/i1D. The molecule has 2 aromatic carbocycles. The monoisotopic (exact) mass is 582 g/mol. The zero-order valence-electron chi connectivity index (χ0n) is 24.0. The number of alkyl halides is 1. The summed E-state index contributed by atoms with van der Waals surface area (Å²) in [5.74, 6) is -0.305. The molecule has 0 unspecified atom stereocenters. The SMILES string of the molecule is [2H]Cn1nnc([C@H](c2ccccc2)N2CCN(C(=O)c3cc(-c4nc5cc(NC(=O)[C@@H]6C[C@@H]6F)ccc5o4)ccn3)CC2)n1. The molecular formula is C30H28FN9O3. The van der Waals surface area contributed by atoms with Crippen molar-refractivity contribution < 1.29 is 19.8 Å². The average Bonchev–Trinajstić information content (AvgIpc) is 3.41. The van der Waals surface area contributed by atoms with Crippen LogP contribution in [-0.4, -0.2) is 84.1 Å². The number of nitrogens with one attached hydrogen (secondary N) is 1. The highest BCUT2D eigenvalue weighted by Gasteiger charge is 2.43. The molecule has 3 aromatic heterocycles. The lowest BCUT2D eigenvalue weighted by atomic mass is 10.0. The fourth-order valence-electron chi connectivity index (χ4n) is 5.35. The fraction of sp³-hybridized carbons (Fsp3) is 0.300. The van der Waals surface area contributed by atoms with Crippen LogP contribution in [0.3, 0.4) is 0 Å². The molecule has 3 atom stereocenters. The maximum Gasteiger partial charge on any atom is 0.272 e. The van der Waals surface area contributed by atoms with Crippen LogP contribution in [0.4, 0.5) is 10.1 Å². The van der Waals surface area contributed by atoms with E-state index >= 15 is 0 Å². The lowest BCUT2D eigenvalue weighted by Crippen LogP contribution is -2.50. The molecule has 2 aliphatic rings. The van der Waals surface area contributed by atoms with Gasteiger partial charge in [0, 0.05) is 45.0 Å². The number of benzene rings is 2. The maximum atomic E-state index is 13.5. The van der Waals surface area contributed by atoms with Crippen molar-refractivity contribution in [2.75, 3.05) is 31.5 Å². The third-order valence-electron chi connectivity index (χ3n) is 7.73. The number of pyridine rings is 1. The molecule has 2 amide bonds. The molecule has 0 radical (unpaired) electrons. The molecule has 5 aromatic rings. The van der Waals surface area contributed by atoms with Crippen LogP contribution in [0.1, 0.15) is 35.7 Å². The third kappa shape index (κ3) is 5.46. The van der Waals surface area contributed by atoms with Gasteiger partial charge in [0.2, 0.25) is 11.8 Å². The van der Waals surface area contributed by atoms with Crippen molar-refractivity contribution in [3.63, 3.8) is 0 Å². The van der Waals surface area contributed by atoms with Crippen LogP contribution in [0.15, 0.2) is 71.3 Å². The van der Waals surface area contributed by atoms with Crippen molar-refractivity contribution in [1.29, 1.82) is 0 Å². The zero-order chi connectivity index (χ0) is 30.2. The first-order valence-electron chi connectivity index (χ1n) is 14.6. The molecule has 1 saturated heterocycles. The number of amides is 2. The number of halogens is 1. The number of carbonyl (C=O) groups excluding carboxylic acids is 2. The van der Waals surface area contributed by atoms with Crippen molar-refractivity contribution in [3.8, 4) is 11.5 Å². The Balaban J connectivity index is 1.05. The minimum atomic E-state index is -1.07. The molecule has 43 heavy (non-hydrogen) atoms. The Bertz CT molecular complexity index is 1820. The number of tetrazole rings is 1. The van der Waals surface area contributed by atoms with E-state index in [1.807, 2.05) is 30.3 Å². The summed E-state index contributed by atoms with van der Waals surface area (Å²) in [6.45, 7) is 2.11. The van der Waals surface area contributed by atoms with E-state index in [1.54, 1.807) is 41.4 Å². The highest BCUT2D eigenvalue weighted by molar-refractivity contribution is 5.96. The van der Waals surface area contributed by atoms with Crippen LogP contribution < -0.4 is 5.32 Å². The van der Waals surface area contributed by atoms with Gasteiger partial charge in [0.05, 0.1) is 19.0 Å². The topological polar surface area (TPSA) is 135 Å². The van der Waals surface area contributed by atoms with Gasteiger partial charge in [-0.15, -0.1) is 10.2 Å². The second-order valence-electron chi connectivity index (χ2n) is 10.6. The Morgan fingerprint density at radius 2 is 1.91 bits per heavy atom. The van der Waals surface area contributed by atoms with Gasteiger partial charge in [0.25, 0.3) is 5.91 Å². The van der Waals surface area contributed by atoms with Gasteiger partial charge in [-0.3, -0.25) is 19.5 Å². The second kappa shape index (κ2) is 11.0. The summed E-state index contributed by atoms with van der Waals surface area (Å²) >= 11 is 0. The van der Waals surface area contributed by atoms with E-state index in [0.717, 1.165) is 5.56 Å². The summed E-state index contributed by atoms with van der Waals surface area (Å²) < 4.78 is 26.7. The van der Waals surface area contributed by atoms with Crippen LogP contribution in [0.2, 0.25) is 0 Å². The van der Waals surface area contributed by atoms with Gasteiger partial charge in [-0.25, -0.2) is 9.37 Å². The molecule has 4 heterocycles. The van der Waals surface area contributed by atoms with E-state index in [2.05, 4.69) is 35.6 Å². The van der Waals surface area contributed by atoms with Gasteiger partial charge in [0.1, 0.15) is 17.4 Å². The molecule has 2 fully saturated rings. The van der Waals surface area contributed by atoms with Gasteiger partial charge in [-0.2, -0.15) is 4.80 Å². The van der Waals surface area contributed by atoms with Gasteiger partial charge >= 0.3 is 0 Å². The molecule has 13 heteroatoms. The Morgan fingerprint density at radius 1 is 1.09 bits per heavy atom. The summed E-state index contributed by atoms with van der Waals surface area (Å²) in [7, 11) is -0.117. The van der Waals surface area contributed by atoms with E-state index in [9.17, 15) is 14.0 Å². The lowest BCUT2D eigenvalue weighted by Gasteiger charge is -2.38. The van der Waals surface area contributed by atoms with E-state index < -0.39 is 12.1 Å². The number of nitrogens with zero attached hydrogens (tertiary/aromatic N) is 8. The minimum Gasteiger partial charge on any atom is -0.436 e. The van der Waals surface area contributed by atoms with E-state index in [-0.39, 0.29) is 37.0 Å². The molecule has 1 saturated carbocycles. The van der Waals surface area contributed by atoms with Crippen LogP contribution in [0.5, 0.6) is 0 Å². The number of carbonyl (C=O) groups is 2. The number of hydrogen-bond donors (Lipinski definition) is 1. The van der Waals surface area contributed by atoms with Crippen LogP contribution in [-0.2, 0) is 11.8 Å². The van der Waals surface area contributed by atoms with Gasteiger partial charge in [-0.05, 0) is 47.5 Å². The maximum absolute atomic E-state index is 13.5. The molecule has 0 spiro atoms. The Morgan fingerprint density at radius 3 is 2.65 bits per heavy atom. The second-order valence-corrected chi connectivity index (χ2v) is 10.6. The number of oxazole rings is 1. The molecule has 1 N–H and O–H groups in total. The van der Waals surface area contributed by atoms with Crippen molar-refractivity contribution in [1.82, 2.24) is 40.0 Å². The number of hydrogen-bond acceptors (Lipinski definition) is 9. The number of aromatic nitrogens is 6. The predicted molar refractivity (Wildman–Crippen MR) is 153 cm³/mol.